The lowest BCUT2D eigenvalue weighted by Gasteiger charge is -2.27. The molecule has 0 saturated heterocycles. The smallest absolute Gasteiger partial charge is 0.349 e. The number of carbonyl (C=O) groups is 2. The molecule has 1 aliphatic rings. The minimum atomic E-state index is -1.06. The highest BCUT2D eigenvalue weighted by Gasteiger charge is 2.30. The summed E-state index contributed by atoms with van der Waals surface area (Å²) in [6.45, 7) is 8.63. The summed E-state index contributed by atoms with van der Waals surface area (Å²) < 4.78 is 7.19. The fourth-order valence-electron chi connectivity index (χ4n) is 2.97. The third kappa shape index (κ3) is 4.61. The van der Waals surface area contributed by atoms with E-state index in [1.54, 1.807) is 6.92 Å². The van der Waals surface area contributed by atoms with Gasteiger partial charge in [-0.1, -0.05) is 13.8 Å². The highest BCUT2D eigenvalue weighted by atomic mass is 16.5. The van der Waals surface area contributed by atoms with Crippen molar-refractivity contribution in [1.29, 1.82) is 10.5 Å². The molecule has 1 atom stereocenters. The number of nitrogens with one attached hydrogen (secondary N) is 1. The van der Waals surface area contributed by atoms with Crippen LogP contribution in [-0.4, -0.2) is 28.6 Å². The Morgan fingerprint density at radius 1 is 1.39 bits per heavy atom. The van der Waals surface area contributed by atoms with Crippen LogP contribution in [-0.2, 0) is 14.3 Å². The van der Waals surface area contributed by atoms with E-state index in [0.29, 0.717) is 6.04 Å². The Labute approximate surface area is 165 Å². The number of aromatic nitrogens is 1. The monoisotopic (exact) mass is 382 g/mol. The summed E-state index contributed by atoms with van der Waals surface area (Å²) in [5, 5.41) is 21.1. The summed E-state index contributed by atoms with van der Waals surface area (Å²) in [4.78, 5) is 24.3. The first-order valence-electron chi connectivity index (χ1n) is 9.32. The molecule has 2 rings (SSSR count). The number of rotatable bonds is 7. The zero-order valence-electron chi connectivity index (χ0n) is 17.0. The van der Waals surface area contributed by atoms with E-state index in [4.69, 9.17) is 4.74 Å². The Morgan fingerprint density at radius 3 is 2.54 bits per heavy atom. The Hall–Kier alpha value is -3.06. The topological polar surface area (TPSA) is 108 Å². The van der Waals surface area contributed by atoms with Gasteiger partial charge in [0.1, 0.15) is 17.2 Å². The molecule has 1 aliphatic carbocycles. The highest BCUT2D eigenvalue weighted by Crippen LogP contribution is 2.38. The number of hydrogen-bond donors (Lipinski definition) is 1. The SMILES string of the molecule is Cc1cc(/C=C(\C#N)C(=O)OCC(=O)N[C@@](C)(C#N)C(C)C)c(C)n1C1CC1. The molecule has 1 heterocycles. The normalized spacial score (nSPS) is 16.1. The lowest BCUT2D eigenvalue weighted by atomic mass is 9.90. The molecule has 7 heteroatoms. The summed E-state index contributed by atoms with van der Waals surface area (Å²) in [5.41, 5.74) is 1.65. The van der Waals surface area contributed by atoms with Gasteiger partial charge in [0.2, 0.25) is 0 Å². The van der Waals surface area contributed by atoms with E-state index in [9.17, 15) is 20.1 Å². The number of nitrogens with zero attached hydrogens (tertiary/aromatic N) is 3. The first-order chi connectivity index (χ1) is 13.1. The van der Waals surface area contributed by atoms with Gasteiger partial charge in [0, 0.05) is 17.4 Å². The van der Waals surface area contributed by atoms with Crippen molar-refractivity contribution in [3.63, 3.8) is 0 Å². The summed E-state index contributed by atoms with van der Waals surface area (Å²) in [6, 6.07) is 6.33. The molecule has 1 N–H and O–H groups in total. The number of amides is 1. The maximum absolute atomic E-state index is 12.2. The van der Waals surface area contributed by atoms with Crippen LogP contribution in [0.4, 0.5) is 0 Å². The summed E-state index contributed by atoms with van der Waals surface area (Å²) in [6.07, 6.45) is 3.77. The van der Waals surface area contributed by atoms with Gasteiger partial charge in [0.15, 0.2) is 6.61 Å². The number of nitriles is 2. The largest absolute Gasteiger partial charge is 0.451 e. The first kappa shape index (κ1) is 21.2. The van der Waals surface area contributed by atoms with Crippen molar-refractivity contribution in [3.05, 3.63) is 28.6 Å². The Balaban J connectivity index is 2.06. The number of hydrogen-bond acceptors (Lipinski definition) is 5. The molecule has 1 aromatic heterocycles. The Kier molecular flexibility index (Phi) is 6.30. The van der Waals surface area contributed by atoms with E-state index in [1.165, 1.54) is 6.08 Å². The van der Waals surface area contributed by atoms with Crippen LogP contribution in [0, 0.1) is 42.4 Å². The first-order valence-corrected chi connectivity index (χ1v) is 9.32. The molecule has 1 aromatic rings. The van der Waals surface area contributed by atoms with Gasteiger partial charge >= 0.3 is 5.97 Å². The molecule has 1 fully saturated rings. The second-order valence-corrected chi connectivity index (χ2v) is 7.69. The summed E-state index contributed by atoms with van der Waals surface area (Å²) in [7, 11) is 0. The molecule has 28 heavy (non-hydrogen) atoms. The molecule has 0 aromatic carbocycles. The van der Waals surface area contributed by atoms with Gasteiger partial charge < -0.3 is 14.6 Å². The van der Waals surface area contributed by atoms with E-state index in [2.05, 4.69) is 16.0 Å². The standard InChI is InChI=1S/C21H26N4O3/c1-13(2)21(5,12-23)24-19(26)11-28-20(27)17(10-22)9-16-8-14(3)25(15(16)4)18-6-7-18/h8-9,13,18H,6-7,11H2,1-5H3,(H,24,26)/b17-9+/t21-/m0/s1. The van der Waals surface area contributed by atoms with Gasteiger partial charge in [-0.15, -0.1) is 0 Å². The van der Waals surface area contributed by atoms with Gasteiger partial charge in [-0.2, -0.15) is 10.5 Å². The molecule has 0 unspecified atom stereocenters. The van der Waals surface area contributed by atoms with Crippen molar-refractivity contribution in [1.82, 2.24) is 9.88 Å². The lowest BCUT2D eigenvalue weighted by molar-refractivity contribution is -0.144. The van der Waals surface area contributed by atoms with Crippen LogP contribution in [0.5, 0.6) is 0 Å². The maximum Gasteiger partial charge on any atom is 0.349 e. The highest BCUT2D eigenvalue weighted by molar-refractivity contribution is 5.99. The second-order valence-electron chi connectivity index (χ2n) is 7.69. The third-order valence-corrected chi connectivity index (χ3v) is 5.20. The average molecular weight is 382 g/mol. The molecule has 7 nitrogen and oxygen atoms in total. The van der Waals surface area contributed by atoms with Crippen molar-refractivity contribution in [3.8, 4) is 12.1 Å². The fourth-order valence-corrected chi connectivity index (χ4v) is 2.97. The van der Waals surface area contributed by atoms with Gasteiger partial charge in [0.05, 0.1) is 6.07 Å². The predicted molar refractivity (Wildman–Crippen MR) is 104 cm³/mol. The zero-order chi connectivity index (χ0) is 21.1. The van der Waals surface area contributed by atoms with E-state index in [-0.39, 0.29) is 11.5 Å². The van der Waals surface area contributed by atoms with Crippen molar-refractivity contribution >= 4 is 18.0 Å². The van der Waals surface area contributed by atoms with Crippen LogP contribution in [0.1, 0.15) is 56.6 Å². The molecular formula is C21H26N4O3. The maximum atomic E-state index is 12.2. The quantitative estimate of drug-likeness (QED) is 0.443. The Morgan fingerprint density at radius 2 is 2.04 bits per heavy atom. The van der Waals surface area contributed by atoms with Gasteiger partial charge in [0.25, 0.3) is 5.91 Å². The molecule has 1 amide bonds. The number of ether oxygens (including phenoxy) is 1. The number of aryl methyl sites for hydroxylation is 1. The molecule has 0 radical (unpaired) electrons. The van der Waals surface area contributed by atoms with Gasteiger partial charge in [-0.25, -0.2) is 4.79 Å². The minimum absolute atomic E-state index is 0.117. The van der Waals surface area contributed by atoms with Crippen molar-refractivity contribution in [2.75, 3.05) is 6.61 Å². The van der Waals surface area contributed by atoms with Gasteiger partial charge in [-0.05, 0) is 57.2 Å². The van der Waals surface area contributed by atoms with E-state index >= 15 is 0 Å². The second kappa shape index (κ2) is 8.31. The van der Waals surface area contributed by atoms with Crippen LogP contribution < -0.4 is 5.32 Å². The van der Waals surface area contributed by atoms with Crippen LogP contribution in [0.2, 0.25) is 0 Å². The van der Waals surface area contributed by atoms with Crippen molar-refractivity contribution in [2.45, 2.75) is 59.0 Å². The van der Waals surface area contributed by atoms with E-state index < -0.39 is 24.0 Å². The average Bonchev–Trinajstić information content (AvgIpc) is 3.43. The third-order valence-electron chi connectivity index (χ3n) is 5.20. The summed E-state index contributed by atoms with van der Waals surface area (Å²) >= 11 is 0. The number of esters is 1. The molecule has 1 saturated carbocycles. The van der Waals surface area contributed by atoms with Crippen LogP contribution in [0.15, 0.2) is 11.6 Å². The molecule has 0 spiro atoms. The van der Waals surface area contributed by atoms with Gasteiger partial charge in [-0.3, -0.25) is 4.79 Å². The van der Waals surface area contributed by atoms with Crippen molar-refractivity contribution < 1.29 is 14.3 Å². The van der Waals surface area contributed by atoms with E-state index in [1.807, 2.05) is 39.8 Å². The minimum Gasteiger partial charge on any atom is -0.451 e. The fraction of sp³-hybridized carbons (Fsp3) is 0.524. The molecular weight excluding hydrogens is 356 g/mol. The van der Waals surface area contributed by atoms with E-state index in [0.717, 1.165) is 29.8 Å². The van der Waals surface area contributed by atoms with Crippen LogP contribution >= 0.6 is 0 Å². The van der Waals surface area contributed by atoms with Crippen LogP contribution in [0.3, 0.4) is 0 Å². The molecule has 0 bridgehead atoms. The Bertz CT molecular complexity index is 894. The van der Waals surface area contributed by atoms with Crippen LogP contribution in [0.25, 0.3) is 6.08 Å². The zero-order valence-corrected chi connectivity index (χ0v) is 17.0. The molecule has 0 aliphatic heterocycles. The predicted octanol–water partition coefficient (Wildman–Crippen LogP) is 2.94. The lowest BCUT2D eigenvalue weighted by Crippen LogP contribution is -2.50. The summed E-state index contributed by atoms with van der Waals surface area (Å²) in [5.74, 6) is -1.57. The molecule has 148 valence electrons. The number of carbonyl (C=O) groups excluding carboxylic acids is 2. The van der Waals surface area contributed by atoms with Crippen molar-refractivity contribution in [2.24, 2.45) is 5.92 Å².